The number of aliphatic hydroxyl groups excluding tert-OH is 1. The molecule has 4 heteroatoms. The van der Waals surface area contributed by atoms with Crippen molar-refractivity contribution in [2.24, 2.45) is 5.73 Å². The third-order valence-electron chi connectivity index (χ3n) is 2.39. The van der Waals surface area contributed by atoms with Gasteiger partial charge < -0.3 is 15.7 Å². The highest BCUT2D eigenvalue weighted by Gasteiger charge is 2.24. The van der Waals surface area contributed by atoms with E-state index in [1.54, 1.807) is 4.90 Å². The Kier molecular flexibility index (Phi) is 3.34. The number of amides is 2. The number of hydrogen-bond acceptors (Lipinski definition) is 2. The Bertz CT molecular complexity index is 155. The van der Waals surface area contributed by atoms with E-state index >= 15 is 0 Å². The van der Waals surface area contributed by atoms with E-state index in [2.05, 4.69) is 0 Å². The molecule has 0 aromatic carbocycles. The van der Waals surface area contributed by atoms with Crippen molar-refractivity contribution in [3.63, 3.8) is 0 Å². The molecule has 1 fully saturated rings. The maximum absolute atomic E-state index is 10.9. The van der Waals surface area contributed by atoms with Crippen LogP contribution in [0.2, 0.25) is 0 Å². The lowest BCUT2D eigenvalue weighted by molar-refractivity contribution is 0.160. The number of rotatable bonds is 3. The van der Waals surface area contributed by atoms with Crippen molar-refractivity contribution in [3.05, 3.63) is 0 Å². The molecule has 4 nitrogen and oxygen atoms in total. The Labute approximate surface area is 72.3 Å². The summed E-state index contributed by atoms with van der Waals surface area (Å²) in [6, 6.07) is -0.134. The minimum atomic E-state index is -0.407. The number of nitrogens with zero attached hydrogens (tertiary/aromatic N) is 1. The van der Waals surface area contributed by atoms with Gasteiger partial charge in [-0.25, -0.2) is 4.79 Å². The van der Waals surface area contributed by atoms with Crippen molar-refractivity contribution in [2.45, 2.75) is 31.7 Å². The maximum atomic E-state index is 10.9. The van der Waals surface area contributed by atoms with E-state index in [-0.39, 0.29) is 12.6 Å². The van der Waals surface area contributed by atoms with Gasteiger partial charge in [0.2, 0.25) is 0 Å². The second-order valence-corrected chi connectivity index (χ2v) is 3.19. The quantitative estimate of drug-likeness (QED) is 0.643. The van der Waals surface area contributed by atoms with Gasteiger partial charge in [-0.2, -0.15) is 0 Å². The zero-order chi connectivity index (χ0) is 8.97. The first kappa shape index (κ1) is 9.32. The van der Waals surface area contributed by atoms with Crippen molar-refractivity contribution in [3.8, 4) is 0 Å². The topological polar surface area (TPSA) is 66.6 Å². The second-order valence-electron chi connectivity index (χ2n) is 3.19. The predicted octanol–water partition coefficient (Wildman–Crippen LogP) is 0.302. The van der Waals surface area contributed by atoms with Gasteiger partial charge in [-0.05, 0) is 12.8 Å². The standard InChI is InChI=1S/C8H16N2O2/c9-8(12)10(5-6-11)7-3-1-2-4-7/h7,11H,1-6H2,(H2,9,12). The van der Waals surface area contributed by atoms with Gasteiger partial charge >= 0.3 is 6.03 Å². The van der Waals surface area contributed by atoms with Gasteiger partial charge in [-0.3, -0.25) is 0 Å². The molecule has 0 spiro atoms. The van der Waals surface area contributed by atoms with Gasteiger partial charge in [-0.1, -0.05) is 12.8 Å². The molecule has 0 unspecified atom stereocenters. The third kappa shape index (κ3) is 2.11. The summed E-state index contributed by atoms with van der Waals surface area (Å²) >= 11 is 0. The Morgan fingerprint density at radius 3 is 2.50 bits per heavy atom. The van der Waals surface area contributed by atoms with Crippen LogP contribution >= 0.6 is 0 Å². The van der Waals surface area contributed by atoms with E-state index in [4.69, 9.17) is 10.8 Å². The minimum Gasteiger partial charge on any atom is -0.395 e. The molecule has 0 heterocycles. The molecule has 1 rings (SSSR count). The normalized spacial score (nSPS) is 18.1. The Morgan fingerprint density at radius 1 is 1.50 bits per heavy atom. The summed E-state index contributed by atoms with van der Waals surface area (Å²) in [7, 11) is 0. The number of carbonyl (C=O) groups is 1. The van der Waals surface area contributed by atoms with Crippen LogP contribution in [0.3, 0.4) is 0 Å². The molecule has 2 amide bonds. The molecule has 0 aromatic rings. The van der Waals surface area contributed by atoms with Crippen molar-refractivity contribution >= 4 is 6.03 Å². The monoisotopic (exact) mass is 172 g/mol. The summed E-state index contributed by atoms with van der Waals surface area (Å²) in [5, 5.41) is 8.70. The van der Waals surface area contributed by atoms with Crippen LogP contribution in [0.15, 0.2) is 0 Å². The minimum absolute atomic E-state index is 0.000556. The molecule has 1 aliphatic carbocycles. The van der Waals surface area contributed by atoms with Crippen molar-refractivity contribution in [2.75, 3.05) is 13.2 Å². The molecule has 1 saturated carbocycles. The second kappa shape index (κ2) is 4.30. The molecule has 0 aromatic heterocycles. The van der Waals surface area contributed by atoms with Crippen LogP contribution in [-0.2, 0) is 0 Å². The largest absolute Gasteiger partial charge is 0.395 e. The first-order valence-corrected chi connectivity index (χ1v) is 4.42. The van der Waals surface area contributed by atoms with E-state index in [9.17, 15) is 4.79 Å². The average Bonchev–Trinajstić information content (AvgIpc) is 2.51. The maximum Gasteiger partial charge on any atom is 0.315 e. The molecule has 0 saturated heterocycles. The van der Waals surface area contributed by atoms with Crippen LogP contribution in [0.4, 0.5) is 4.79 Å². The fourth-order valence-corrected chi connectivity index (χ4v) is 1.80. The van der Waals surface area contributed by atoms with Crippen LogP contribution in [0.25, 0.3) is 0 Å². The summed E-state index contributed by atoms with van der Waals surface area (Å²) in [5.74, 6) is 0. The molecule has 12 heavy (non-hydrogen) atoms. The van der Waals surface area contributed by atoms with Crippen LogP contribution in [-0.4, -0.2) is 35.2 Å². The van der Waals surface area contributed by atoms with Gasteiger partial charge in [-0.15, -0.1) is 0 Å². The van der Waals surface area contributed by atoms with Gasteiger partial charge in [0.25, 0.3) is 0 Å². The summed E-state index contributed by atoms with van der Waals surface area (Å²) in [5.41, 5.74) is 5.18. The average molecular weight is 172 g/mol. The highest BCUT2D eigenvalue weighted by Crippen LogP contribution is 2.22. The number of aliphatic hydroxyl groups is 1. The Balaban J connectivity index is 2.45. The van der Waals surface area contributed by atoms with Crippen LogP contribution in [0.5, 0.6) is 0 Å². The molecule has 0 aliphatic heterocycles. The van der Waals surface area contributed by atoms with E-state index < -0.39 is 6.03 Å². The van der Waals surface area contributed by atoms with Crippen LogP contribution in [0.1, 0.15) is 25.7 Å². The lowest BCUT2D eigenvalue weighted by Crippen LogP contribution is -2.43. The lowest BCUT2D eigenvalue weighted by Gasteiger charge is -2.25. The molecule has 0 atom stereocenters. The van der Waals surface area contributed by atoms with Crippen molar-refractivity contribution < 1.29 is 9.90 Å². The fourth-order valence-electron chi connectivity index (χ4n) is 1.80. The summed E-state index contributed by atoms with van der Waals surface area (Å²) in [4.78, 5) is 12.5. The highest BCUT2D eigenvalue weighted by molar-refractivity contribution is 5.72. The summed E-state index contributed by atoms with van der Waals surface area (Å²) in [6.45, 7) is 0.374. The molecule has 1 aliphatic rings. The summed E-state index contributed by atoms with van der Waals surface area (Å²) in [6.07, 6.45) is 4.39. The molecule has 0 bridgehead atoms. The van der Waals surface area contributed by atoms with Crippen LogP contribution < -0.4 is 5.73 Å². The molecular weight excluding hydrogens is 156 g/mol. The molecular formula is C8H16N2O2. The smallest absolute Gasteiger partial charge is 0.315 e. The number of primary amides is 1. The Morgan fingerprint density at radius 2 is 2.08 bits per heavy atom. The number of hydrogen-bond donors (Lipinski definition) is 2. The summed E-state index contributed by atoms with van der Waals surface area (Å²) < 4.78 is 0. The van der Waals surface area contributed by atoms with E-state index in [0.29, 0.717) is 6.54 Å². The molecule has 0 radical (unpaired) electrons. The first-order chi connectivity index (χ1) is 5.75. The number of carbonyl (C=O) groups excluding carboxylic acids is 1. The molecule has 3 N–H and O–H groups in total. The fraction of sp³-hybridized carbons (Fsp3) is 0.875. The number of nitrogens with two attached hydrogens (primary N) is 1. The van der Waals surface area contributed by atoms with Crippen molar-refractivity contribution in [1.29, 1.82) is 0 Å². The van der Waals surface area contributed by atoms with Crippen molar-refractivity contribution in [1.82, 2.24) is 4.90 Å². The highest BCUT2D eigenvalue weighted by atomic mass is 16.3. The SMILES string of the molecule is NC(=O)N(CCO)C1CCCC1. The third-order valence-corrected chi connectivity index (χ3v) is 2.39. The lowest BCUT2D eigenvalue weighted by atomic mass is 10.2. The zero-order valence-electron chi connectivity index (χ0n) is 7.20. The zero-order valence-corrected chi connectivity index (χ0v) is 7.20. The van der Waals surface area contributed by atoms with Gasteiger partial charge in [0.15, 0.2) is 0 Å². The van der Waals surface area contributed by atoms with Crippen LogP contribution in [0, 0.1) is 0 Å². The van der Waals surface area contributed by atoms with Gasteiger partial charge in [0, 0.05) is 12.6 Å². The van der Waals surface area contributed by atoms with Gasteiger partial charge in [0.1, 0.15) is 0 Å². The van der Waals surface area contributed by atoms with Gasteiger partial charge in [0.05, 0.1) is 6.61 Å². The Hall–Kier alpha value is -0.770. The first-order valence-electron chi connectivity index (χ1n) is 4.42. The van der Waals surface area contributed by atoms with E-state index in [1.807, 2.05) is 0 Å². The van der Waals surface area contributed by atoms with E-state index in [1.165, 1.54) is 12.8 Å². The number of urea groups is 1. The molecule has 70 valence electrons. The van der Waals surface area contributed by atoms with E-state index in [0.717, 1.165) is 12.8 Å². The predicted molar refractivity (Wildman–Crippen MR) is 45.6 cm³/mol.